The summed E-state index contributed by atoms with van der Waals surface area (Å²) in [5, 5.41) is 2.84. The Morgan fingerprint density at radius 1 is 1.22 bits per heavy atom. The van der Waals surface area contributed by atoms with E-state index < -0.39 is 0 Å². The van der Waals surface area contributed by atoms with E-state index in [0.717, 1.165) is 0 Å². The molecule has 0 aromatic heterocycles. The minimum Gasteiger partial charge on any atom is -0.493 e. The van der Waals surface area contributed by atoms with Crippen LogP contribution < -0.4 is 20.5 Å². The number of amides is 2. The highest BCUT2D eigenvalue weighted by molar-refractivity contribution is 5.92. The van der Waals surface area contributed by atoms with Gasteiger partial charge in [-0.15, -0.1) is 0 Å². The summed E-state index contributed by atoms with van der Waals surface area (Å²) in [7, 11) is 3.11. The maximum absolute atomic E-state index is 12.1. The van der Waals surface area contributed by atoms with Crippen molar-refractivity contribution in [3.63, 3.8) is 0 Å². The van der Waals surface area contributed by atoms with Gasteiger partial charge in [-0.3, -0.25) is 14.5 Å². The van der Waals surface area contributed by atoms with Crippen LogP contribution in [0.15, 0.2) is 18.2 Å². The molecule has 0 unspecified atom stereocenters. The third-order valence-corrected chi connectivity index (χ3v) is 4.02. The van der Waals surface area contributed by atoms with Gasteiger partial charge < -0.3 is 20.5 Å². The molecule has 126 valence electrons. The molecular formula is C16H23N3O4. The van der Waals surface area contributed by atoms with Crippen LogP contribution in [0.4, 0.5) is 5.69 Å². The molecule has 1 aromatic carbocycles. The van der Waals surface area contributed by atoms with E-state index in [2.05, 4.69) is 5.32 Å². The monoisotopic (exact) mass is 321 g/mol. The number of hydrogen-bond acceptors (Lipinski definition) is 5. The number of rotatable bonds is 6. The number of carbonyl (C=O) groups is 2. The molecule has 0 bridgehead atoms. The van der Waals surface area contributed by atoms with Gasteiger partial charge in [0, 0.05) is 17.7 Å². The number of ether oxygens (including phenoxy) is 2. The maximum atomic E-state index is 12.1. The first-order chi connectivity index (χ1) is 11.0. The van der Waals surface area contributed by atoms with Crippen LogP contribution in [0.1, 0.15) is 12.8 Å². The molecule has 1 heterocycles. The van der Waals surface area contributed by atoms with Gasteiger partial charge in [-0.2, -0.15) is 0 Å². The second kappa shape index (κ2) is 7.82. The Labute approximate surface area is 135 Å². The number of nitrogens with zero attached hydrogens (tertiary/aromatic N) is 1. The van der Waals surface area contributed by atoms with Crippen molar-refractivity contribution in [3.8, 4) is 11.5 Å². The molecule has 0 saturated carbocycles. The van der Waals surface area contributed by atoms with Crippen molar-refractivity contribution in [1.82, 2.24) is 4.90 Å². The number of methoxy groups -OCH3 is 2. The molecule has 0 spiro atoms. The highest BCUT2D eigenvalue weighted by Crippen LogP contribution is 2.29. The Balaban J connectivity index is 1.87. The molecule has 0 aliphatic carbocycles. The topological polar surface area (TPSA) is 93.9 Å². The summed E-state index contributed by atoms with van der Waals surface area (Å²) in [5.41, 5.74) is 5.96. The third kappa shape index (κ3) is 4.59. The zero-order valence-electron chi connectivity index (χ0n) is 13.5. The summed E-state index contributed by atoms with van der Waals surface area (Å²) in [6, 6.07) is 5.22. The van der Waals surface area contributed by atoms with Crippen molar-refractivity contribution in [3.05, 3.63) is 18.2 Å². The summed E-state index contributed by atoms with van der Waals surface area (Å²) in [6.07, 6.45) is 1.41. The number of primary amides is 1. The molecule has 7 heteroatoms. The standard InChI is InChI=1S/C16H23N3O4/c1-22-13-4-3-12(9-14(13)23-2)18-15(20)10-19-7-5-11(6-8-19)16(17)21/h3-4,9,11H,5-8,10H2,1-2H3,(H2,17,21)(H,18,20). The Hall–Kier alpha value is -2.28. The molecule has 2 amide bonds. The lowest BCUT2D eigenvalue weighted by atomic mass is 9.96. The van der Waals surface area contributed by atoms with E-state index >= 15 is 0 Å². The molecule has 7 nitrogen and oxygen atoms in total. The van der Waals surface area contributed by atoms with Crippen LogP contribution in [0, 0.1) is 5.92 Å². The average molecular weight is 321 g/mol. The molecule has 2 rings (SSSR count). The summed E-state index contributed by atoms with van der Waals surface area (Å²) in [6.45, 7) is 1.69. The van der Waals surface area contributed by atoms with Crippen LogP contribution in [-0.2, 0) is 9.59 Å². The largest absolute Gasteiger partial charge is 0.493 e. The van der Waals surface area contributed by atoms with Gasteiger partial charge >= 0.3 is 0 Å². The maximum Gasteiger partial charge on any atom is 0.238 e. The van der Waals surface area contributed by atoms with E-state index in [0.29, 0.717) is 49.7 Å². The number of likely N-dealkylation sites (tertiary alicyclic amines) is 1. The fourth-order valence-corrected chi connectivity index (χ4v) is 2.69. The quantitative estimate of drug-likeness (QED) is 0.810. The molecule has 1 saturated heterocycles. The van der Waals surface area contributed by atoms with Crippen molar-refractivity contribution in [2.75, 3.05) is 39.2 Å². The molecule has 0 atom stereocenters. The van der Waals surface area contributed by atoms with E-state index in [1.54, 1.807) is 32.4 Å². The third-order valence-electron chi connectivity index (χ3n) is 4.02. The van der Waals surface area contributed by atoms with E-state index in [1.165, 1.54) is 0 Å². The normalized spacial score (nSPS) is 15.9. The number of hydrogen-bond donors (Lipinski definition) is 2. The number of nitrogens with two attached hydrogens (primary N) is 1. The molecular weight excluding hydrogens is 298 g/mol. The van der Waals surface area contributed by atoms with E-state index in [1.807, 2.05) is 4.90 Å². The fraction of sp³-hybridized carbons (Fsp3) is 0.500. The Morgan fingerprint density at radius 2 is 1.87 bits per heavy atom. The summed E-state index contributed by atoms with van der Waals surface area (Å²) < 4.78 is 10.4. The van der Waals surface area contributed by atoms with Crippen LogP contribution in [0.2, 0.25) is 0 Å². The van der Waals surface area contributed by atoms with Crippen molar-refractivity contribution in [1.29, 1.82) is 0 Å². The summed E-state index contributed by atoms with van der Waals surface area (Å²) >= 11 is 0. The van der Waals surface area contributed by atoms with E-state index in [-0.39, 0.29) is 17.7 Å². The van der Waals surface area contributed by atoms with Crippen molar-refractivity contribution >= 4 is 17.5 Å². The first kappa shape index (κ1) is 17.1. The van der Waals surface area contributed by atoms with Crippen LogP contribution >= 0.6 is 0 Å². The number of piperidine rings is 1. The van der Waals surface area contributed by atoms with Crippen LogP contribution in [0.25, 0.3) is 0 Å². The molecule has 1 aliphatic rings. The minimum absolute atomic E-state index is 0.0693. The van der Waals surface area contributed by atoms with Gasteiger partial charge in [-0.05, 0) is 38.1 Å². The van der Waals surface area contributed by atoms with Crippen molar-refractivity contribution in [2.24, 2.45) is 11.7 Å². The predicted octanol–water partition coefficient (Wildman–Crippen LogP) is 0.840. The van der Waals surface area contributed by atoms with Gasteiger partial charge in [-0.25, -0.2) is 0 Å². The molecule has 1 aliphatic heterocycles. The fourth-order valence-electron chi connectivity index (χ4n) is 2.69. The number of carbonyl (C=O) groups excluding carboxylic acids is 2. The Morgan fingerprint density at radius 3 is 2.43 bits per heavy atom. The summed E-state index contributed by atoms with van der Waals surface area (Å²) in [5.74, 6) is 0.751. The lowest BCUT2D eigenvalue weighted by molar-refractivity contribution is -0.123. The van der Waals surface area contributed by atoms with Crippen molar-refractivity contribution < 1.29 is 19.1 Å². The number of benzene rings is 1. The van der Waals surface area contributed by atoms with Crippen molar-refractivity contribution in [2.45, 2.75) is 12.8 Å². The Kier molecular flexibility index (Phi) is 5.81. The predicted molar refractivity (Wildman–Crippen MR) is 86.5 cm³/mol. The Bertz CT molecular complexity index is 568. The molecule has 1 fully saturated rings. The second-order valence-corrected chi connectivity index (χ2v) is 5.57. The zero-order valence-corrected chi connectivity index (χ0v) is 13.5. The SMILES string of the molecule is COc1ccc(NC(=O)CN2CCC(C(N)=O)CC2)cc1OC. The first-order valence-electron chi connectivity index (χ1n) is 7.57. The first-order valence-corrected chi connectivity index (χ1v) is 7.57. The summed E-state index contributed by atoms with van der Waals surface area (Å²) in [4.78, 5) is 25.3. The van der Waals surface area contributed by atoms with E-state index in [4.69, 9.17) is 15.2 Å². The smallest absolute Gasteiger partial charge is 0.238 e. The van der Waals surface area contributed by atoms with Crippen LogP contribution in [0.5, 0.6) is 11.5 Å². The molecule has 3 N–H and O–H groups in total. The van der Waals surface area contributed by atoms with Gasteiger partial charge in [0.15, 0.2) is 11.5 Å². The molecule has 0 radical (unpaired) electrons. The highest BCUT2D eigenvalue weighted by atomic mass is 16.5. The van der Waals surface area contributed by atoms with Crippen LogP contribution in [0.3, 0.4) is 0 Å². The van der Waals surface area contributed by atoms with Gasteiger partial charge in [0.05, 0.1) is 20.8 Å². The van der Waals surface area contributed by atoms with Gasteiger partial charge in [0.25, 0.3) is 0 Å². The highest BCUT2D eigenvalue weighted by Gasteiger charge is 2.24. The second-order valence-electron chi connectivity index (χ2n) is 5.57. The number of anilines is 1. The molecule has 23 heavy (non-hydrogen) atoms. The molecule has 1 aromatic rings. The lowest BCUT2D eigenvalue weighted by Crippen LogP contribution is -2.42. The van der Waals surface area contributed by atoms with Gasteiger partial charge in [0.1, 0.15) is 0 Å². The number of nitrogens with one attached hydrogen (secondary N) is 1. The zero-order chi connectivity index (χ0) is 16.8. The van der Waals surface area contributed by atoms with Gasteiger partial charge in [-0.1, -0.05) is 0 Å². The average Bonchev–Trinajstić information content (AvgIpc) is 2.55. The lowest BCUT2D eigenvalue weighted by Gasteiger charge is -2.29. The van der Waals surface area contributed by atoms with Crippen LogP contribution in [-0.4, -0.2) is 50.6 Å². The van der Waals surface area contributed by atoms with E-state index in [9.17, 15) is 9.59 Å². The van der Waals surface area contributed by atoms with Gasteiger partial charge in [0.2, 0.25) is 11.8 Å². The minimum atomic E-state index is -0.251.